The summed E-state index contributed by atoms with van der Waals surface area (Å²) in [5.41, 5.74) is 0. The van der Waals surface area contributed by atoms with Crippen molar-refractivity contribution >= 4 is 29.9 Å². The Morgan fingerprint density at radius 2 is 1.88 bits per heavy atom. The number of hydrogen-bond acceptors (Lipinski definition) is 3. The van der Waals surface area contributed by atoms with Crippen molar-refractivity contribution in [1.29, 1.82) is 0 Å². The number of hydrogen-bond donors (Lipinski definition) is 1. The van der Waals surface area contributed by atoms with Gasteiger partial charge in [-0.3, -0.25) is 4.99 Å². The third-order valence-electron chi connectivity index (χ3n) is 4.10. The van der Waals surface area contributed by atoms with Crippen molar-refractivity contribution in [2.45, 2.75) is 26.3 Å². The van der Waals surface area contributed by atoms with Crippen LogP contribution < -0.4 is 10.1 Å². The molecule has 1 rings (SSSR count). The van der Waals surface area contributed by atoms with Crippen molar-refractivity contribution in [2.75, 3.05) is 47.4 Å². The fraction of sp³-hybridized carbons (Fsp3) is 0.611. The molecule has 1 atom stereocenters. The monoisotopic (exact) mass is 448 g/mol. The van der Waals surface area contributed by atoms with E-state index < -0.39 is 0 Å². The van der Waals surface area contributed by atoms with E-state index in [0.29, 0.717) is 12.6 Å². The molecule has 0 aromatic heterocycles. The van der Waals surface area contributed by atoms with Gasteiger partial charge in [0.1, 0.15) is 12.4 Å². The molecule has 1 unspecified atom stereocenters. The zero-order chi connectivity index (χ0) is 17.1. The molecule has 0 heterocycles. The molecule has 24 heavy (non-hydrogen) atoms. The number of rotatable bonds is 9. The van der Waals surface area contributed by atoms with E-state index in [0.717, 1.165) is 31.3 Å². The van der Waals surface area contributed by atoms with Crippen LogP contribution in [0.4, 0.5) is 0 Å². The fourth-order valence-electron chi connectivity index (χ4n) is 2.18. The molecular weight excluding hydrogens is 415 g/mol. The Morgan fingerprint density at radius 1 is 1.21 bits per heavy atom. The van der Waals surface area contributed by atoms with Crippen LogP contribution in [-0.2, 0) is 0 Å². The van der Waals surface area contributed by atoms with Gasteiger partial charge in [-0.25, -0.2) is 0 Å². The molecule has 0 radical (unpaired) electrons. The lowest BCUT2D eigenvalue weighted by molar-refractivity contribution is 0.253. The maximum atomic E-state index is 5.73. The minimum Gasteiger partial charge on any atom is -0.492 e. The summed E-state index contributed by atoms with van der Waals surface area (Å²) in [5.74, 6) is 1.80. The van der Waals surface area contributed by atoms with Crippen molar-refractivity contribution < 1.29 is 4.74 Å². The second-order valence-electron chi connectivity index (χ2n) is 5.79. The summed E-state index contributed by atoms with van der Waals surface area (Å²) in [4.78, 5) is 8.78. The molecule has 0 saturated carbocycles. The van der Waals surface area contributed by atoms with Gasteiger partial charge in [0, 0.05) is 33.2 Å². The van der Waals surface area contributed by atoms with Crippen molar-refractivity contribution in [3.8, 4) is 5.75 Å². The topological polar surface area (TPSA) is 40.1 Å². The second-order valence-corrected chi connectivity index (χ2v) is 5.79. The average Bonchev–Trinajstić information content (AvgIpc) is 2.58. The van der Waals surface area contributed by atoms with Crippen molar-refractivity contribution in [1.82, 2.24) is 15.1 Å². The van der Waals surface area contributed by atoms with Crippen LogP contribution >= 0.6 is 24.0 Å². The lowest BCUT2D eigenvalue weighted by Crippen LogP contribution is -2.44. The standard InChI is InChI=1S/C18H32N4O.HI/c1-6-16(2)21(4)13-12-20-18(19-3)22(5)14-15-23-17-10-8-7-9-11-17;/h7-11,16H,6,12-15H2,1-5H3,(H,19,20);1H. The van der Waals surface area contributed by atoms with E-state index in [1.165, 1.54) is 6.42 Å². The second kappa shape index (κ2) is 13.3. The number of nitrogens with one attached hydrogen (secondary N) is 1. The van der Waals surface area contributed by atoms with Gasteiger partial charge in [-0.2, -0.15) is 0 Å². The first-order valence-corrected chi connectivity index (χ1v) is 8.38. The minimum absolute atomic E-state index is 0. The Morgan fingerprint density at radius 3 is 2.46 bits per heavy atom. The maximum absolute atomic E-state index is 5.73. The predicted octanol–water partition coefficient (Wildman–Crippen LogP) is 2.92. The van der Waals surface area contributed by atoms with Gasteiger partial charge in [0.25, 0.3) is 0 Å². The molecule has 0 amide bonds. The number of nitrogens with zero attached hydrogens (tertiary/aromatic N) is 3. The summed E-state index contributed by atoms with van der Waals surface area (Å²) in [6, 6.07) is 10.5. The van der Waals surface area contributed by atoms with Crippen LogP contribution in [0.5, 0.6) is 5.75 Å². The molecule has 1 aromatic rings. The number of guanidine groups is 1. The van der Waals surface area contributed by atoms with Crippen molar-refractivity contribution in [3.63, 3.8) is 0 Å². The summed E-state index contributed by atoms with van der Waals surface area (Å²) in [6.45, 7) is 7.78. The largest absolute Gasteiger partial charge is 0.492 e. The molecule has 1 aromatic carbocycles. The molecule has 0 aliphatic rings. The van der Waals surface area contributed by atoms with Crippen LogP contribution in [0.3, 0.4) is 0 Å². The number of halogens is 1. The first-order chi connectivity index (χ1) is 11.1. The van der Waals surface area contributed by atoms with E-state index in [9.17, 15) is 0 Å². The summed E-state index contributed by atoms with van der Waals surface area (Å²) in [6.07, 6.45) is 1.17. The minimum atomic E-state index is 0. The highest BCUT2D eigenvalue weighted by molar-refractivity contribution is 14.0. The van der Waals surface area contributed by atoms with Gasteiger partial charge in [-0.15, -0.1) is 24.0 Å². The molecule has 0 aliphatic heterocycles. The Labute approximate surface area is 164 Å². The molecule has 0 spiro atoms. The van der Waals surface area contributed by atoms with E-state index in [2.05, 4.69) is 41.0 Å². The highest BCUT2D eigenvalue weighted by Gasteiger charge is 2.08. The maximum Gasteiger partial charge on any atom is 0.193 e. The number of ether oxygens (including phenoxy) is 1. The Balaban J connectivity index is 0.00000529. The first kappa shape index (κ1) is 23.0. The van der Waals surface area contributed by atoms with E-state index in [4.69, 9.17) is 4.74 Å². The van der Waals surface area contributed by atoms with Crippen LogP contribution in [0.15, 0.2) is 35.3 Å². The molecule has 5 nitrogen and oxygen atoms in total. The van der Waals surface area contributed by atoms with Gasteiger partial charge >= 0.3 is 0 Å². The van der Waals surface area contributed by atoms with Crippen LogP contribution in [0.25, 0.3) is 0 Å². The van der Waals surface area contributed by atoms with Gasteiger partial charge in [0.2, 0.25) is 0 Å². The third-order valence-corrected chi connectivity index (χ3v) is 4.10. The number of likely N-dealkylation sites (N-methyl/N-ethyl adjacent to an activating group) is 2. The molecule has 0 bridgehead atoms. The Hall–Kier alpha value is -1.02. The molecule has 0 aliphatic carbocycles. The predicted molar refractivity (Wildman–Crippen MR) is 114 cm³/mol. The lowest BCUT2D eigenvalue weighted by Gasteiger charge is -2.26. The van der Waals surface area contributed by atoms with E-state index in [1.807, 2.05) is 44.4 Å². The SMILES string of the molecule is CCC(C)N(C)CCNC(=NC)N(C)CCOc1ccccc1.I. The summed E-state index contributed by atoms with van der Waals surface area (Å²) >= 11 is 0. The first-order valence-electron chi connectivity index (χ1n) is 8.38. The molecule has 1 N–H and O–H groups in total. The third kappa shape index (κ3) is 8.73. The van der Waals surface area contributed by atoms with Gasteiger partial charge in [0.05, 0.1) is 6.54 Å². The summed E-state index contributed by atoms with van der Waals surface area (Å²) < 4.78 is 5.73. The number of para-hydroxylation sites is 1. The fourth-order valence-corrected chi connectivity index (χ4v) is 2.18. The van der Waals surface area contributed by atoms with Gasteiger partial charge in [-0.1, -0.05) is 25.1 Å². The van der Waals surface area contributed by atoms with Crippen LogP contribution in [-0.4, -0.2) is 69.2 Å². The summed E-state index contributed by atoms with van der Waals surface area (Å²) in [5, 5.41) is 3.41. The Bertz CT molecular complexity index is 456. The van der Waals surface area contributed by atoms with E-state index >= 15 is 0 Å². The average molecular weight is 448 g/mol. The molecule has 138 valence electrons. The quantitative estimate of drug-likeness (QED) is 0.358. The summed E-state index contributed by atoms with van der Waals surface area (Å²) in [7, 11) is 6.01. The van der Waals surface area contributed by atoms with Crippen molar-refractivity contribution in [2.24, 2.45) is 4.99 Å². The van der Waals surface area contributed by atoms with Crippen LogP contribution in [0.1, 0.15) is 20.3 Å². The van der Waals surface area contributed by atoms with Gasteiger partial charge in [-0.05, 0) is 32.5 Å². The van der Waals surface area contributed by atoms with Crippen LogP contribution in [0, 0.1) is 0 Å². The highest BCUT2D eigenvalue weighted by atomic mass is 127. The van der Waals surface area contributed by atoms with E-state index in [-0.39, 0.29) is 24.0 Å². The van der Waals surface area contributed by atoms with Crippen LogP contribution in [0.2, 0.25) is 0 Å². The Kier molecular flexibility index (Phi) is 12.7. The number of benzene rings is 1. The molecular formula is C18H33IN4O. The smallest absolute Gasteiger partial charge is 0.193 e. The highest BCUT2D eigenvalue weighted by Crippen LogP contribution is 2.07. The van der Waals surface area contributed by atoms with Gasteiger partial charge < -0.3 is 19.9 Å². The number of aliphatic imine (C=N–C) groups is 1. The lowest BCUT2D eigenvalue weighted by atomic mass is 10.2. The van der Waals surface area contributed by atoms with E-state index in [1.54, 1.807) is 0 Å². The molecule has 0 saturated heterocycles. The normalized spacial score (nSPS) is 12.5. The zero-order valence-corrected chi connectivity index (χ0v) is 18.0. The van der Waals surface area contributed by atoms with Gasteiger partial charge in [0.15, 0.2) is 5.96 Å². The zero-order valence-electron chi connectivity index (χ0n) is 15.7. The molecule has 0 fully saturated rings. The molecule has 6 heteroatoms. The van der Waals surface area contributed by atoms with Crippen molar-refractivity contribution in [3.05, 3.63) is 30.3 Å².